The summed E-state index contributed by atoms with van der Waals surface area (Å²) in [7, 11) is 1.96. The molecule has 0 spiro atoms. The molecule has 0 aromatic carbocycles. The van der Waals surface area contributed by atoms with Crippen LogP contribution in [0.2, 0.25) is 0 Å². The molecule has 92 valence electrons. The number of nitrogens with zero attached hydrogens (tertiary/aromatic N) is 2. The van der Waals surface area contributed by atoms with Gasteiger partial charge in [-0.3, -0.25) is 4.68 Å². The number of aromatic nitrogens is 2. The van der Waals surface area contributed by atoms with Crippen LogP contribution in [0.1, 0.15) is 35.7 Å². The summed E-state index contributed by atoms with van der Waals surface area (Å²) >= 11 is 0. The lowest BCUT2D eigenvalue weighted by atomic mass is 10.0. The van der Waals surface area contributed by atoms with Crippen molar-refractivity contribution in [3.63, 3.8) is 0 Å². The van der Waals surface area contributed by atoms with Crippen LogP contribution in [0.25, 0.3) is 0 Å². The van der Waals surface area contributed by atoms with Crippen molar-refractivity contribution in [3.8, 4) is 0 Å². The molecule has 2 aromatic rings. The van der Waals surface area contributed by atoms with E-state index in [9.17, 15) is 0 Å². The molecule has 2 rings (SSSR count). The second-order valence-electron chi connectivity index (χ2n) is 4.24. The Kier molecular flexibility index (Phi) is 3.33. The van der Waals surface area contributed by atoms with Gasteiger partial charge in [-0.1, -0.05) is 6.92 Å². The van der Waals surface area contributed by atoms with E-state index < -0.39 is 0 Å². The normalized spacial score (nSPS) is 12.9. The Balaban J connectivity index is 2.42. The van der Waals surface area contributed by atoms with Gasteiger partial charge in [-0.05, 0) is 32.5 Å². The molecule has 0 aliphatic carbocycles. The van der Waals surface area contributed by atoms with Gasteiger partial charge in [0.05, 0.1) is 11.7 Å². The van der Waals surface area contributed by atoms with Crippen molar-refractivity contribution in [1.82, 2.24) is 15.1 Å². The maximum absolute atomic E-state index is 5.61. The van der Waals surface area contributed by atoms with Gasteiger partial charge in [0.15, 0.2) is 0 Å². The zero-order valence-corrected chi connectivity index (χ0v) is 10.8. The second kappa shape index (κ2) is 4.75. The molecule has 4 nitrogen and oxygen atoms in total. The molecule has 1 unspecified atom stereocenters. The summed E-state index contributed by atoms with van der Waals surface area (Å²) in [6, 6.07) is 4.27. The lowest BCUT2D eigenvalue weighted by Crippen LogP contribution is -2.24. The van der Waals surface area contributed by atoms with Crippen molar-refractivity contribution in [1.29, 1.82) is 0 Å². The van der Waals surface area contributed by atoms with Crippen molar-refractivity contribution >= 4 is 0 Å². The third-order valence-corrected chi connectivity index (χ3v) is 2.95. The van der Waals surface area contributed by atoms with E-state index in [1.165, 1.54) is 5.56 Å². The average molecular weight is 233 g/mol. The van der Waals surface area contributed by atoms with Gasteiger partial charge in [-0.2, -0.15) is 5.10 Å². The third kappa shape index (κ3) is 2.26. The van der Waals surface area contributed by atoms with E-state index in [2.05, 4.69) is 23.4 Å². The van der Waals surface area contributed by atoms with E-state index >= 15 is 0 Å². The number of furan rings is 1. The number of nitrogens with one attached hydrogen (secondary N) is 1. The highest BCUT2D eigenvalue weighted by molar-refractivity contribution is 5.31. The first-order valence-corrected chi connectivity index (χ1v) is 5.91. The number of hydrogen-bond acceptors (Lipinski definition) is 3. The van der Waals surface area contributed by atoms with Crippen LogP contribution in [0.15, 0.2) is 22.7 Å². The van der Waals surface area contributed by atoms with E-state index in [-0.39, 0.29) is 6.04 Å². The topological polar surface area (TPSA) is 43.0 Å². The summed E-state index contributed by atoms with van der Waals surface area (Å²) in [6.07, 6.45) is 1.82. The molecule has 1 atom stereocenters. The van der Waals surface area contributed by atoms with Gasteiger partial charge in [0, 0.05) is 18.8 Å². The van der Waals surface area contributed by atoms with Crippen LogP contribution in [0, 0.1) is 13.8 Å². The fourth-order valence-corrected chi connectivity index (χ4v) is 2.18. The van der Waals surface area contributed by atoms with Crippen molar-refractivity contribution in [2.24, 2.45) is 7.05 Å². The molecular weight excluding hydrogens is 214 g/mol. The molecule has 0 bridgehead atoms. The van der Waals surface area contributed by atoms with Crippen LogP contribution in [0.3, 0.4) is 0 Å². The summed E-state index contributed by atoms with van der Waals surface area (Å²) in [5, 5.41) is 7.70. The Morgan fingerprint density at radius 1 is 1.47 bits per heavy atom. The Hall–Kier alpha value is -1.55. The Labute approximate surface area is 102 Å². The minimum absolute atomic E-state index is 0.143. The zero-order chi connectivity index (χ0) is 12.4. The average Bonchev–Trinajstić information content (AvgIpc) is 2.82. The molecule has 0 saturated carbocycles. The van der Waals surface area contributed by atoms with E-state index in [4.69, 9.17) is 4.42 Å². The number of aryl methyl sites for hydroxylation is 3. The van der Waals surface area contributed by atoms with E-state index in [0.29, 0.717) is 0 Å². The van der Waals surface area contributed by atoms with Crippen molar-refractivity contribution in [2.45, 2.75) is 26.8 Å². The molecule has 2 aromatic heterocycles. The molecule has 0 radical (unpaired) electrons. The standard InChI is InChI=1S/C13H19N3O/c1-5-14-13(12-6-7-15-16(12)4)11-8-9(2)17-10(11)3/h6-8,13-14H,5H2,1-4H3. The first-order valence-electron chi connectivity index (χ1n) is 5.91. The van der Waals surface area contributed by atoms with Crippen molar-refractivity contribution in [3.05, 3.63) is 41.1 Å². The van der Waals surface area contributed by atoms with E-state index in [0.717, 1.165) is 23.8 Å². The van der Waals surface area contributed by atoms with Crippen LogP contribution in [-0.4, -0.2) is 16.3 Å². The SMILES string of the molecule is CCNC(c1cc(C)oc1C)c1ccnn1C. The fourth-order valence-electron chi connectivity index (χ4n) is 2.18. The van der Waals surface area contributed by atoms with Gasteiger partial charge in [-0.25, -0.2) is 0 Å². The van der Waals surface area contributed by atoms with Crippen LogP contribution in [0.4, 0.5) is 0 Å². The molecular formula is C13H19N3O. The third-order valence-electron chi connectivity index (χ3n) is 2.95. The highest BCUT2D eigenvalue weighted by atomic mass is 16.3. The minimum Gasteiger partial charge on any atom is -0.466 e. The first kappa shape index (κ1) is 11.9. The van der Waals surface area contributed by atoms with Crippen LogP contribution < -0.4 is 5.32 Å². The summed E-state index contributed by atoms with van der Waals surface area (Å²) in [5.41, 5.74) is 2.34. The molecule has 0 saturated heterocycles. The van der Waals surface area contributed by atoms with Gasteiger partial charge in [0.2, 0.25) is 0 Å². The lowest BCUT2D eigenvalue weighted by molar-refractivity contribution is 0.491. The molecule has 0 amide bonds. The largest absolute Gasteiger partial charge is 0.466 e. The first-order chi connectivity index (χ1) is 8.13. The van der Waals surface area contributed by atoms with Gasteiger partial charge >= 0.3 is 0 Å². The maximum Gasteiger partial charge on any atom is 0.106 e. The molecule has 0 aliphatic heterocycles. The monoisotopic (exact) mass is 233 g/mol. The lowest BCUT2D eigenvalue weighted by Gasteiger charge is -2.17. The van der Waals surface area contributed by atoms with Crippen LogP contribution >= 0.6 is 0 Å². The summed E-state index contributed by atoms with van der Waals surface area (Å²) in [5.74, 6) is 1.91. The Bertz CT molecular complexity index is 498. The fraction of sp³-hybridized carbons (Fsp3) is 0.462. The number of rotatable bonds is 4. The second-order valence-corrected chi connectivity index (χ2v) is 4.24. The molecule has 4 heteroatoms. The van der Waals surface area contributed by atoms with Crippen LogP contribution in [0.5, 0.6) is 0 Å². The molecule has 0 fully saturated rings. The molecule has 2 heterocycles. The summed E-state index contributed by atoms with van der Waals surface area (Å²) in [6.45, 7) is 6.98. The van der Waals surface area contributed by atoms with E-state index in [1.54, 1.807) is 0 Å². The van der Waals surface area contributed by atoms with E-state index in [1.807, 2.05) is 37.8 Å². The molecule has 1 N–H and O–H groups in total. The zero-order valence-electron chi connectivity index (χ0n) is 10.8. The molecule has 0 aliphatic rings. The van der Waals surface area contributed by atoms with Gasteiger partial charge in [-0.15, -0.1) is 0 Å². The van der Waals surface area contributed by atoms with Crippen molar-refractivity contribution in [2.75, 3.05) is 6.54 Å². The summed E-state index contributed by atoms with van der Waals surface area (Å²) < 4.78 is 7.51. The van der Waals surface area contributed by atoms with Gasteiger partial charge in [0.25, 0.3) is 0 Å². The van der Waals surface area contributed by atoms with Crippen LogP contribution in [-0.2, 0) is 7.05 Å². The minimum atomic E-state index is 0.143. The maximum atomic E-state index is 5.61. The van der Waals surface area contributed by atoms with Gasteiger partial charge in [0.1, 0.15) is 11.5 Å². The smallest absolute Gasteiger partial charge is 0.106 e. The Morgan fingerprint density at radius 3 is 2.71 bits per heavy atom. The number of hydrogen-bond donors (Lipinski definition) is 1. The Morgan fingerprint density at radius 2 is 2.24 bits per heavy atom. The quantitative estimate of drug-likeness (QED) is 0.881. The highest BCUT2D eigenvalue weighted by Crippen LogP contribution is 2.26. The predicted molar refractivity (Wildman–Crippen MR) is 66.9 cm³/mol. The van der Waals surface area contributed by atoms with Gasteiger partial charge < -0.3 is 9.73 Å². The highest BCUT2D eigenvalue weighted by Gasteiger charge is 2.20. The van der Waals surface area contributed by atoms with Crippen molar-refractivity contribution < 1.29 is 4.42 Å². The summed E-state index contributed by atoms with van der Waals surface area (Å²) in [4.78, 5) is 0. The molecule has 17 heavy (non-hydrogen) atoms. The predicted octanol–water partition coefficient (Wildman–Crippen LogP) is 2.33.